The molecule has 53 nitrogen and oxygen atoms in total. The van der Waals surface area contributed by atoms with Gasteiger partial charge in [-0.1, -0.05) is 82.8 Å². The number of hydrogen-bond donors (Lipinski definition) is 5. The van der Waals surface area contributed by atoms with Crippen molar-refractivity contribution in [1.29, 1.82) is 0 Å². The number of carbonyl (C=O) groups is 8. The minimum atomic E-state index is -3.31. The summed E-state index contributed by atoms with van der Waals surface area (Å²) in [5.74, 6) is -1.93. The Morgan fingerprint density at radius 1 is 0.333 bits per heavy atom. The van der Waals surface area contributed by atoms with Crippen molar-refractivity contribution in [2.75, 3.05) is 199 Å². The zero-order valence-corrected chi connectivity index (χ0v) is 77.8. The lowest BCUT2D eigenvalue weighted by Gasteiger charge is -2.21. The molecule has 4 atom stereocenters. The van der Waals surface area contributed by atoms with Crippen molar-refractivity contribution in [1.82, 2.24) is 81.9 Å². The number of amides is 4. The minimum Gasteiger partial charge on any atom is -0.422 e. The Bertz CT molecular complexity index is 4880. The van der Waals surface area contributed by atoms with Crippen LogP contribution < -0.4 is 46.4 Å². The van der Waals surface area contributed by atoms with Crippen molar-refractivity contribution in [2.24, 2.45) is 5.73 Å². The van der Waals surface area contributed by atoms with Gasteiger partial charge in [-0.2, -0.15) is 0 Å². The molecular weight excluding hydrogens is 1960 g/mol. The summed E-state index contributed by atoms with van der Waals surface area (Å²) in [6, 6.07) is 27.2. The van der Waals surface area contributed by atoms with Crippen LogP contribution in [0.1, 0.15) is 14.9 Å². The molecule has 4 unspecified atom stereocenters. The summed E-state index contributed by atoms with van der Waals surface area (Å²) in [6.45, 7) is -6.33. The van der Waals surface area contributed by atoms with Crippen LogP contribution >= 0.6 is 54.0 Å². The molecule has 738 valence electrons. The van der Waals surface area contributed by atoms with Crippen molar-refractivity contribution >= 4 is 191 Å². The van der Waals surface area contributed by atoms with Crippen LogP contribution in [0.5, 0.6) is 0 Å². The largest absolute Gasteiger partial charge is 0.537 e. The molecule has 0 bridgehead atoms. The smallest absolute Gasteiger partial charge is 0.422 e. The van der Waals surface area contributed by atoms with Crippen molar-refractivity contribution in [3.05, 3.63) is 97.1 Å². The third-order valence-electron chi connectivity index (χ3n) is 14.5. The number of aromatic nitrogens is 12. The molecule has 0 saturated carbocycles. The molecule has 0 aliphatic carbocycles. The molecule has 4 heterocycles. The number of carbonyl (C=O) groups excluding carboxylic acids is 8. The second kappa shape index (κ2) is 61.4. The van der Waals surface area contributed by atoms with E-state index in [4.69, 9.17) is 91.4 Å². The molecule has 0 aliphatic rings. The topological polar surface area (TPSA) is 670 Å². The third kappa shape index (κ3) is 51.1. The predicted molar refractivity (Wildman–Crippen MR) is 477 cm³/mol. The van der Waals surface area contributed by atoms with Crippen molar-refractivity contribution in [3.63, 3.8) is 0 Å². The Balaban J connectivity index is 0.000000507. The second-order valence-electron chi connectivity index (χ2n) is 25.3. The average molecular weight is 2070 g/mol. The van der Waals surface area contributed by atoms with Crippen LogP contribution in [0, 0.1) is 0 Å². The van der Waals surface area contributed by atoms with Gasteiger partial charge in [0.2, 0.25) is 11.8 Å². The van der Waals surface area contributed by atoms with E-state index < -0.39 is 171 Å². The number of fused-ring (bicyclic) bond motifs is 4. The Hall–Kier alpha value is -9.50. The molecule has 0 aliphatic heterocycles. The minimum absolute atomic E-state index is 0. The fourth-order valence-electron chi connectivity index (χ4n) is 9.04. The monoisotopic (exact) mass is 2060 g/mol. The standard InChI is InChI=1S/C38H34N12O15.C26H50N4O19S8.C3H9NO2S2.2CH4/c51-35(62-47-31-13-5-1-9-27(31)39-43-47)21-56-19-25(58-23-60-37(53)64-49-33-15-7-3-11-29(33)41-45-49)17-55-18-26(20-57-22-36(52)63-48-32-14-6-2-10-28(32)40-44-48)59-24-61-38(54)65-50-34-16-8-4-12-30(34)42-46-50;1-54(35,36)50-9-5-27-23(31)17-44-15-21(46-19-48-25(33)29-7-11-52-56(3,39)40)13-43-14-22(16-45-18-24(32)28-6-10-51-55(2,37)38)47-20-49-26(34)30-8-12-53-57(4,41)42;1-8(5,6)7-3-2-4;;/h1-16,25-26H,17-24H2;21-22H,5-20H2,1-4H3,(H,27,31)(H,28,32)(H,29,33)(H,30,34);2-4H2,1H3;2*1H4. The summed E-state index contributed by atoms with van der Waals surface area (Å²) in [4.78, 5) is 123. The molecule has 8 rings (SSSR count). The van der Waals surface area contributed by atoms with Gasteiger partial charge in [-0.15, -0.1) is 20.4 Å². The maximum absolute atomic E-state index is 12.6. The molecule has 4 amide bonds. The van der Waals surface area contributed by atoms with E-state index in [1.165, 1.54) is 6.26 Å². The maximum Gasteiger partial charge on any atom is 0.537 e. The first-order valence-corrected chi connectivity index (χ1v) is 54.4. The number of alkyl carbamates (subject to hydrolysis) is 2. The number of nitrogens with two attached hydrogens (primary N) is 1. The Labute approximate surface area is 774 Å². The molecule has 0 spiro atoms. The first-order valence-electron chi connectivity index (χ1n) is 37.4. The predicted octanol–water partition coefficient (Wildman–Crippen LogP) is -0.370. The van der Waals surface area contributed by atoms with Gasteiger partial charge in [0.1, 0.15) is 95.0 Å². The van der Waals surface area contributed by atoms with E-state index in [2.05, 4.69) is 62.5 Å². The van der Waals surface area contributed by atoms with E-state index >= 15 is 0 Å². The second-order valence-corrected chi connectivity index (χ2v) is 48.2. The lowest BCUT2D eigenvalue weighted by atomic mass is 10.3. The van der Waals surface area contributed by atoms with Crippen LogP contribution in [0.2, 0.25) is 0 Å². The lowest BCUT2D eigenvalue weighted by Crippen LogP contribution is -2.36. The van der Waals surface area contributed by atoms with Gasteiger partial charge in [0.05, 0.1) is 52.9 Å². The van der Waals surface area contributed by atoms with Crippen molar-refractivity contribution in [3.8, 4) is 0 Å². The van der Waals surface area contributed by atoms with Crippen LogP contribution in [0.3, 0.4) is 0 Å². The summed E-state index contributed by atoms with van der Waals surface area (Å²) < 4.78 is 186. The molecule has 0 fully saturated rings. The number of benzene rings is 4. The van der Waals surface area contributed by atoms with Gasteiger partial charge in [0.15, 0.2) is 71.5 Å². The summed E-state index contributed by atoms with van der Waals surface area (Å²) in [6.07, 6.45) is -2.88. The zero-order valence-electron chi connectivity index (χ0n) is 69.7. The first kappa shape index (κ1) is 115. The van der Waals surface area contributed by atoms with Crippen LogP contribution in [-0.2, 0) is 130 Å². The van der Waals surface area contributed by atoms with Gasteiger partial charge < -0.3 is 103 Å². The van der Waals surface area contributed by atoms with E-state index in [1.54, 1.807) is 97.1 Å². The van der Waals surface area contributed by atoms with Gasteiger partial charge in [-0.25, -0.2) is 70.9 Å². The summed E-state index contributed by atoms with van der Waals surface area (Å²) in [7, 11) is -12.6. The lowest BCUT2D eigenvalue weighted by molar-refractivity contribution is -0.160. The van der Waals surface area contributed by atoms with Gasteiger partial charge in [-0.05, 0) is 123 Å². The summed E-state index contributed by atoms with van der Waals surface area (Å²) in [5, 5.41) is 40.5. The highest BCUT2D eigenvalue weighted by molar-refractivity contribution is 8.73. The van der Waals surface area contributed by atoms with Gasteiger partial charge in [0.25, 0.3) is 0 Å². The van der Waals surface area contributed by atoms with Crippen LogP contribution in [-0.4, -0.2) is 375 Å². The third-order valence-corrected chi connectivity index (χ3v) is 27.4. The molecule has 0 radical (unpaired) electrons. The van der Waals surface area contributed by atoms with Crippen LogP contribution in [0.25, 0.3) is 44.1 Å². The molecule has 6 N–H and O–H groups in total. The quantitative estimate of drug-likeness (QED) is 0.00811. The highest BCUT2D eigenvalue weighted by Crippen LogP contribution is 2.16. The van der Waals surface area contributed by atoms with Gasteiger partial charge in [0, 0.05) is 92.8 Å². The van der Waals surface area contributed by atoms with E-state index in [0.717, 1.165) is 55.2 Å². The normalized spacial score (nSPS) is 12.5. The number of para-hydroxylation sites is 4. The van der Waals surface area contributed by atoms with Crippen LogP contribution in [0.15, 0.2) is 97.1 Å². The number of ether oxygens (including phenoxy) is 14. The molecule has 0 saturated heterocycles. The maximum atomic E-state index is 12.6. The summed E-state index contributed by atoms with van der Waals surface area (Å²) in [5.41, 5.74) is 8.71. The molecule has 4 aromatic carbocycles. The molecule has 63 heteroatoms. The Morgan fingerprint density at radius 2 is 0.576 bits per heavy atom. The number of nitrogens with zero attached hydrogens (tertiary/aromatic N) is 12. The fourth-order valence-corrected chi connectivity index (χ4v) is 17.2. The molecule has 8 aromatic rings. The summed E-state index contributed by atoms with van der Waals surface area (Å²) >= 11 is 0. The SMILES string of the molecule is C.C.CS(=O)(=O)SCCN.CS(=O)(=O)SCCNC(=O)COCC(COCC(COCC(=O)NCCSS(C)(=O)=O)OCOC(=O)NCCSS(C)(=O)=O)OCOC(=O)NCCSS(C)(=O)=O.O=C(COCC(COCC(COCC(=O)On1nnc2ccccc21)OCOC(=O)On1nnc2ccccc21)OCOC(=O)On1nnc2ccccc21)On1nnc2ccccc21. The van der Waals surface area contributed by atoms with E-state index in [0.29, 0.717) is 99.6 Å². The van der Waals surface area contributed by atoms with Gasteiger partial charge in [-0.3, -0.25) is 19.3 Å². The van der Waals surface area contributed by atoms with E-state index in [9.17, 15) is 80.4 Å². The zero-order chi connectivity index (χ0) is 94.8. The van der Waals surface area contributed by atoms with Crippen molar-refractivity contribution in [2.45, 2.75) is 39.3 Å². The van der Waals surface area contributed by atoms with Crippen LogP contribution in [0.4, 0.5) is 19.2 Å². The number of nitrogens with one attached hydrogen (secondary N) is 4. The molecule has 132 heavy (non-hydrogen) atoms. The molecule has 4 aromatic heterocycles. The highest BCUT2D eigenvalue weighted by atomic mass is 33.2. The van der Waals surface area contributed by atoms with Crippen molar-refractivity contribution < 1.29 is 166 Å². The number of hydrogen-bond acceptors (Lipinski definition) is 50. The Kier molecular flexibility index (Phi) is 53.4. The average Bonchev–Trinajstić information content (AvgIpc) is 1.71. The van der Waals surface area contributed by atoms with E-state index in [-0.39, 0.29) is 117 Å². The Morgan fingerprint density at radius 3 is 0.848 bits per heavy atom. The van der Waals surface area contributed by atoms with E-state index in [1.807, 2.05) is 0 Å². The first-order chi connectivity index (χ1) is 61.9. The fraction of sp³-hybridized carbons (Fsp3) is 0.536. The van der Waals surface area contributed by atoms with Gasteiger partial charge >= 0.3 is 36.4 Å². The molecular formula is C69H101N17O36S10. The highest BCUT2D eigenvalue weighted by Gasteiger charge is 2.24. The number of rotatable bonds is 59.